The maximum Gasteiger partial charge on any atom is 0.171 e. The molecular weight excluding hydrogens is 288 g/mol. The number of hydrogen-bond donors (Lipinski definition) is 2. The standard InChI is InChI=1S/C19H24N2S/c1-3-4-8-16-11-13-18(14-12-16)21-19(22)20-15(2)17-9-6-5-7-10-17/h5-7,9-15H,3-4,8H2,1-2H3,(H2,20,21,22). The highest BCUT2D eigenvalue weighted by Crippen LogP contribution is 2.14. The number of nitrogens with one attached hydrogen (secondary N) is 2. The Kier molecular flexibility index (Phi) is 6.41. The van der Waals surface area contributed by atoms with Gasteiger partial charge in [-0.1, -0.05) is 55.8 Å². The summed E-state index contributed by atoms with van der Waals surface area (Å²) in [5.41, 5.74) is 3.63. The van der Waals surface area contributed by atoms with Gasteiger partial charge >= 0.3 is 0 Å². The lowest BCUT2D eigenvalue weighted by Gasteiger charge is -2.17. The van der Waals surface area contributed by atoms with Crippen molar-refractivity contribution in [1.29, 1.82) is 0 Å². The predicted molar refractivity (Wildman–Crippen MR) is 99.3 cm³/mol. The van der Waals surface area contributed by atoms with Crippen molar-refractivity contribution >= 4 is 23.0 Å². The molecule has 1 unspecified atom stereocenters. The Balaban J connectivity index is 1.86. The maximum absolute atomic E-state index is 5.39. The molecular formula is C19H24N2S. The van der Waals surface area contributed by atoms with E-state index in [1.807, 2.05) is 18.2 Å². The van der Waals surface area contributed by atoms with Crippen molar-refractivity contribution in [3.05, 3.63) is 65.7 Å². The Morgan fingerprint density at radius 2 is 1.73 bits per heavy atom. The summed E-state index contributed by atoms with van der Waals surface area (Å²) in [5.74, 6) is 0. The molecule has 0 spiro atoms. The van der Waals surface area contributed by atoms with E-state index in [2.05, 4.69) is 60.9 Å². The fraction of sp³-hybridized carbons (Fsp3) is 0.316. The minimum atomic E-state index is 0.185. The second kappa shape index (κ2) is 8.54. The highest BCUT2D eigenvalue weighted by molar-refractivity contribution is 7.80. The Bertz CT molecular complexity index is 578. The molecule has 3 heteroatoms. The fourth-order valence-corrected chi connectivity index (χ4v) is 2.62. The highest BCUT2D eigenvalue weighted by Gasteiger charge is 2.06. The zero-order valence-electron chi connectivity index (χ0n) is 13.3. The Morgan fingerprint density at radius 1 is 1.05 bits per heavy atom. The maximum atomic E-state index is 5.39. The molecule has 0 radical (unpaired) electrons. The summed E-state index contributed by atoms with van der Waals surface area (Å²) in [4.78, 5) is 0. The number of hydrogen-bond acceptors (Lipinski definition) is 1. The van der Waals surface area contributed by atoms with E-state index in [4.69, 9.17) is 12.2 Å². The van der Waals surface area contributed by atoms with Crippen LogP contribution in [0.5, 0.6) is 0 Å². The lowest BCUT2D eigenvalue weighted by molar-refractivity contribution is 0.722. The Morgan fingerprint density at radius 3 is 2.36 bits per heavy atom. The minimum Gasteiger partial charge on any atom is -0.356 e. The van der Waals surface area contributed by atoms with E-state index >= 15 is 0 Å². The number of rotatable bonds is 6. The van der Waals surface area contributed by atoms with Gasteiger partial charge in [0.15, 0.2) is 5.11 Å². The second-order valence-corrected chi connectivity index (χ2v) is 5.94. The Labute approximate surface area is 139 Å². The molecule has 0 saturated carbocycles. The molecule has 22 heavy (non-hydrogen) atoms. The van der Waals surface area contributed by atoms with Crippen LogP contribution in [-0.4, -0.2) is 5.11 Å². The number of benzene rings is 2. The van der Waals surface area contributed by atoms with Gasteiger partial charge in [0.05, 0.1) is 6.04 Å². The molecule has 0 saturated heterocycles. The molecule has 0 aromatic heterocycles. The predicted octanol–water partition coefficient (Wildman–Crippen LogP) is 5.08. The van der Waals surface area contributed by atoms with Gasteiger partial charge in [0, 0.05) is 5.69 Å². The molecule has 116 valence electrons. The van der Waals surface area contributed by atoms with Crippen molar-refractivity contribution in [3.63, 3.8) is 0 Å². The molecule has 2 aromatic carbocycles. The van der Waals surface area contributed by atoms with Gasteiger partial charge in [0.25, 0.3) is 0 Å². The first-order valence-corrected chi connectivity index (χ1v) is 8.31. The molecule has 2 N–H and O–H groups in total. The van der Waals surface area contributed by atoms with Crippen molar-refractivity contribution in [1.82, 2.24) is 5.32 Å². The average Bonchev–Trinajstić information content (AvgIpc) is 2.55. The third-order valence-electron chi connectivity index (χ3n) is 3.68. The van der Waals surface area contributed by atoms with Gasteiger partial charge < -0.3 is 10.6 Å². The monoisotopic (exact) mass is 312 g/mol. The fourth-order valence-electron chi connectivity index (χ4n) is 2.32. The number of anilines is 1. The zero-order chi connectivity index (χ0) is 15.8. The molecule has 0 aliphatic carbocycles. The van der Waals surface area contributed by atoms with Crippen LogP contribution in [0.15, 0.2) is 54.6 Å². The summed E-state index contributed by atoms with van der Waals surface area (Å²) in [6.07, 6.45) is 3.61. The lowest BCUT2D eigenvalue weighted by Crippen LogP contribution is -2.30. The van der Waals surface area contributed by atoms with Gasteiger partial charge in [0.2, 0.25) is 0 Å². The van der Waals surface area contributed by atoms with Gasteiger partial charge in [-0.05, 0) is 55.2 Å². The number of unbranched alkanes of at least 4 members (excludes halogenated alkanes) is 1. The molecule has 0 amide bonds. The van der Waals surface area contributed by atoms with Crippen LogP contribution < -0.4 is 10.6 Å². The minimum absolute atomic E-state index is 0.185. The summed E-state index contributed by atoms with van der Waals surface area (Å²) in [6.45, 7) is 4.32. The van der Waals surface area contributed by atoms with Crippen LogP contribution in [0.3, 0.4) is 0 Å². The van der Waals surface area contributed by atoms with Crippen molar-refractivity contribution in [3.8, 4) is 0 Å². The van der Waals surface area contributed by atoms with E-state index in [0.717, 1.165) is 12.1 Å². The Hall–Kier alpha value is -1.87. The average molecular weight is 312 g/mol. The van der Waals surface area contributed by atoms with Gasteiger partial charge in [-0.3, -0.25) is 0 Å². The molecule has 0 aliphatic heterocycles. The van der Waals surface area contributed by atoms with Crippen LogP contribution in [-0.2, 0) is 6.42 Å². The molecule has 0 bridgehead atoms. The van der Waals surface area contributed by atoms with Crippen LogP contribution in [0.25, 0.3) is 0 Å². The van der Waals surface area contributed by atoms with Gasteiger partial charge in [-0.2, -0.15) is 0 Å². The highest BCUT2D eigenvalue weighted by atomic mass is 32.1. The van der Waals surface area contributed by atoms with E-state index in [1.54, 1.807) is 0 Å². The first kappa shape index (κ1) is 16.5. The molecule has 2 rings (SSSR count). The summed E-state index contributed by atoms with van der Waals surface area (Å²) in [6, 6.07) is 19.0. The first-order valence-electron chi connectivity index (χ1n) is 7.90. The van der Waals surface area contributed by atoms with Gasteiger partial charge in [-0.15, -0.1) is 0 Å². The largest absolute Gasteiger partial charge is 0.356 e. The van der Waals surface area contributed by atoms with Crippen molar-refractivity contribution in [2.75, 3.05) is 5.32 Å². The SMILES string of the molecule is CCCCc1ccc(NC(=S)NC(C)c2ccccc2)cc1. The summed E-state index contributed by atoms with van der Waals surface area (Å²) in [5, 5.41) is 7.21. The first-order chi connectivity index (χ1) is 10.7. The quantitative estimate of drug-likeness (QED) is 0.728. The normalized spacial score (nSPS) is 11.7. The van der Waals surface area contributed by atoms with E-state index < -0.39 is 0 Å². The summed E-state index contributed by atoms with van der Waals surface area (Å²) in [7, 11) is 0. The number of aryl methyl sites for hydroxylation is 1. The van der Waals surface area contributed by atoms with Crippen molar-refractivity contribution < 1.29 is 0 Å². The lowest BCUT2D eigenvalue weighted by atomic mass is 10.1. The molecule has 1 atom stereocenters. The zero-order valence-corrected chi connectivity index (χ0v) is 14.1. The molecule has 0 heterocycles. The van der Waals surface area contributed by atoms with E-state index in [1.165, 1.54) is 24.0 Å². The van der Waals surface area contributed by atoms with E-state index in [0.29, 0.717) is 5.11 Å². The molecule has 0 fully saturated rings. The summed E-state index contributed by atoms with van der Waals surface area (Å²) >= 11 is 5.39. The van der Waals surface area contributed by atoms with Crippen LogP contribution >= 0.6 is 12.2 Å². The molecule has 2 aromatic rings. The third-order valence-corrected chi connectivity index (χ3v) is 3.90. The third kappa shape index (κ3) is 5.15. The second-order valence-electron chi connectivity index (χ2n) is 5.53. The van der Waals surface area contributed by atoms with E-state index in [-0.39, 0.29) is 6.04 Å². The smallest absolute Gasteiger partial charge is 0.171 e. The van der Waals surface area contributed by atoms with Gasteiger partial charge in [0.1, 0.15) is 0 Å². The number of thiocarbonyl (C=S) groups is 1. The van der Waals surface area contributed by atoms with Crippen LogP contribution in [0.1, 0.15) is 43.9 Å². The molecule has 2 nitrogen and oxygen atoms in total. The topological polar surface area (TPSA) is 24.1 Å². The van der Waals surface area contributed by atoms with Crippen LogP contribution in [0, 0.1) is 0 Å². The van der Waals surface area contributed by atoms with Crippen LogP contribution in [0.2, 0.25) is 0 Å². The molecule has 0 aliphatic rings. The van der Waals surface area contributed by atoms with Crippen LogP contribution in [0.4, 0.5) is 5.69 Å². The van der Waals surface area contributed by atoms with Crippen molar-refractivity contribution in [2.24, 2.45) is 0 Å². The van der Waals surface area contributed by atoms with Crippen molar-refractivity contribution in [2.45, 2.75) is 39.2 Å². The van der Waals surface area contributed by atoms with E-state index in [9.17, 15) is 0 Å². The van der Waals surface area contributed by atoms with Gasteiger partial charge in [-0.25, -0.2) is 0 Å². The summed E-state index contributed by atoms with van der Waals surface area (Å²) < 4.78 is 0.